The zero-order valence-electron chi connectivity index (χ0n) is 6.91. The molecule has 10 heavy (non-hydrogen) atoms. The predicted octanol–water partition coefficient (Wildman–Crippen LogP) is -0.851. The van der Waals surface area contributed by atoms with Crippen LogP contribution in [0.4, 0.5) is 0 Å². The zero-order chi connectivity index (χ0) is 6.78. The van der Waals surface area contributed by atoms with E-state index in [4.69, 9.17) is 19.6 Å². The fraction of sp³-hybridized carbons (Fsp3) is 0. The molecule has 10 heteroatoms. The molecule has 0 amide bonds. The molecular weight excluding hydrogens is 263 g/mol. The van der Waals surface area contributed by atoms with Gasteiger partial charge in [-0.15, -0.1) is 0 Å². The fourth-order valence-corrected chi connectivity index (χ4v) is 0.856. The number of hydrogen-bond acceptors (Lipinski definition) is 4. The fourth-order valence-electron chi connectivity index (χ4n) is 0.0951. The van der Waals surface area contributed by atoms with Crippen LogP contribution in [-0.4, -0.2) is 57.3 Å². The van der Waals surface area contributed by atoms with Gasteiger partial charge in [0.25, 0.3) is 0 Å². The summed E-state index contributed by atoms with van der Waals surface area (Å²) < 4.78 is 12.9. The minimum atomic E-state index is -4.69. The first-order valence-corrected chi connectivity index (χ1v) is 4.04. The molecule has 0 saturated heterocycles. The van der Waals surface area contributed by atoms with Crippen molar-refractivity contribution in [3.63, 3.8) is 0 Å². The molecule has 4 N–H and O–H groups in total. The van der Waals surface area contributed by atoms with Crippen LogP contribution < -0.4 is 0 Å². The first-order chi connectivity index (χ1) is 3.42. The first-order valence-electron chi connectivity index (χ1n) is 1.35. The quantitative estimate of drug-likeness (QED) is 0.384. The summed E-state index contributed by atoms with van der Waals surface area (Å²) in [5.41, 5.74) is 0. The monoisotopic (exact) mass is 268 g/mol. The van der Waals surface area contributed by atoms with Crippen molar-refractivity contribution >= 4 is 54.2 Å². The molecular formula is H6CaO6P2Zn. The molecule has 0 unspecified atom stereocenters. The zero-order valence-corrected chi connectivity index (χ0v) is 11.9. The van der Waals surface area contributed by atoms with E-state index in [0.717, 1.165) is 0 Å². The van der Waals surface area contributed by atoms with Crippen LogP contribution in [0.15, 0.2) is 0 Å². The Morgan fingerprint density at radius 3 is 1.70 bits per heavy atom. The third kappa shape index (κ3) is 16.7. The Labute approximate surface area is 104 Å². The summed E-state index contributed by atoms with van der Waals surface area (Å²) in [6.45, 7) is 0. The normalized spacial score (nSPS) is 10.1. The van der Waals surface area contributed by atoms with Crippen LogP contribution in [-0.2, 0) is 28.4 Å². The molecule has 0 aliphatic carbocycles. The smallest absolute Gasteiger partial charge is 1.00 e. The largest absolute Gasteiger partial charge is 2.00 e. The molecule has 0 bridgehead atoms. The third-order valence-electron chi connectivity index (χ3n) is 0.179. The second-order valence-electron chi connectivity index (χ2n) is 0.825. The van der Waals surface area contributed by atoms with Gasteiger partial charge in [0.15, 0.2) is 0 Å². The van der Waals surface area contributed by atoms with Crippen LogP contribution in [0.1, 0.15) is 2.85 Å². The summed E-state index contributed by atoms with van der Waals surface area (Å²) in [6, 6.07) is 0. The van der Waals surface area contributed by atoms with Gasteiger partial charge >= 0.3 is 54.2 Å². The summed E-state index contributed by atoms with van der Waals surface area (Å²) in [6.07, 6.45) is 0. The van der Waals surface area contributed by atoms with Gasteiger partial charge in [0.05, 0.1) is 0 Å². The average molecular weight is 269 g/mol. The Morgan fingerprint density at radius 2 is 1.70 bits per heavy atom. The number of phosphoric acid groups is 1. The SMILES string of the molecule is O=P(O)(O)OP(O)O.[Ca+2].[H-].[H-].[Zn]. The van der Waals surface area contributed by atoms with E-state index in [1.54, 1.807) is 0 Å². The van der Waals surface area contributed by atoms with Crippen LogP contribution in [0.3, 0.4) is 0 Å². The molecule has 0 aliphatic heterocycles. The van der Waals surface area contributed by atoms with E-state index < -0.39 is 16.4 Å². The standard InChI is InChI=1S/Ca.H4O6P2.Zn.2H/c;1-7(2)6-8(3,4)5;;;/h;1-2H,(H2,3,4,5);;;/q+2;;;2*-1. The van der Waals surface area contributed by atoms with Gasteiger partial charge in [-0.05, 0) is 0 Å². The van der Waals surface area contributed by atoms with Gasteiger partial charge in [0, 0.05) is 19.5 Å². The van der Waals surface area contributed by atoms with Crippen LogP contribution in [0, 0.1) is 0 Å². The van der Waals surface area contributed by atoms with E-state index in [-0.39, 0.29) is 60.1 Å². The molecule has 0 aliphatic rings. The first kappa shape index (κ1) is 18.2. The van der Waals surface area contributed by atoms with Gasteiger partial charge in [-0.25, -0.2) is 8.88 Å². The topological polar surface area (TPSA) is 107 Å². The van der Waals surface area contributed by atoms with Gasteiger partial charge < -0.3 is 22.4 Å². The van der Waals surface area contributed by atoms with Crippen molar-refractivity contribution in [3.8, 4) is 0 Å². The van der Waals surface area contributed by atoms with Crippen molar-refractivity contribution in [1.29, 1.82) is 0 Å². The Balaban J connectivity index is -0.0000000408. The molecule has 6 nitrogen and oxygen atoms in total. The maximum absolute atomic E-state index is 9.61. The van der Waals surface area contributed by atoms with Crippen molar-refractivity contribution in [2.24, 2.45) is 0 Å². The molecule has 0 spiro atoms. The Bertz CT molecular complexity index is 116. The van der Waals surface area contributed by atoms with Gasteiger partial charge in [0.2, 0.25) is 0 Å². The molecule has 0 atom stereocenters. The van der Waals surface area contributed by atoms with Crippen LogP contribution in [0.25, 0.3) is 0 Å². The second kappa shape index (κ2) is 7.96. The number of rotatable bonds is 2. The van der Waals surface area contributed by atoms with E-state index in [0.29, 0.717) is 0 Å². The predicted molar refractivity (Wildman–Crippen MR) is 32.5 cm³/mol. The van der Waals surface area contributed by atoms with Crippen LogP contribution >= 0.6 is 16.4 Å². The van der Waals surface area contributed by atoms with Crippen LogP contribution in [0.5, 0.6) is 0 Å². The van der Waals surface area contributed by atoms with Crippen molar-refractivity contribution in [3.05, 3.63) is 0 Å². The summed E-state index contributed by atoms with van der Waals surface area (Å²) in [4.78, 5) is 31.1. The summed E-state index contributed by atoms with van der Waals surface area (Å²) in [5, 5.41) is 0. The van der Waals surface area contributed by atoms with Gasteiger partial charge in [-0.3, -0.25) is 0 Å². The van der Waals surface area contributed by atoms with Crippen molar-refractivity contribution in [2.75, 3.05) is 0 Å². The Hall–Kier alpha value is 2.34. The summed E-state index contributed by atoms with van der Waals surface area (Å²) in [7, 11) is -7.64. The molecule has 0 fully saturated rings. The summed E-state index contributed by atoms with van der Waals surface area (Å²) >= 11 is 0. The van der Waals surface area contributed by atoms with E-state index in [1.807, 2.05) is 0 Å². The van der Waals surface area contributed by atoms with E-state index in [2.05, 4.69) is 4.31 Å². The van der Waals surface area contributed by atoms with Gasteiger partial charge in [0.1, 0.15) is 0 Å². The van der Waals surface area contributed by atoms with E-state index >= 15 is 0 Å². The van der Waals surface area contributed by atoms with Crippen LogP contribution in [0.2, 0.25) is 0 Å². The van der Waals surface area contributed by atoms with Crippen molar-refractivity contribution < 1.29 is 50.8 Å². The minimum Gasteiger partial charge on any atom is -1.00 e. The maximum Gasteiger partial charge on any atom is 2.00 e. The molecule has 0 aromatic rings. The maximum atomic E-state index is 9.61. The molecule has 0 saturated carbocycles. The minimum absolute atomic E-state index is 0. The molecule has 0 aromatic carbocycles. The molecule has 56 valence electrons. The number of hydrogen-bond donors (Lipinski definition) is 4. The average Bonchev–Trinajstić information content (AvgIpc) is 1.21. The molecule has 0 rings (SSSR count). The Kier molecular flexibility index (Phi) is 14.5. The van der Waals surface area contributed by atoms with Gasteiger partial charge in [-0.1, -0.05) is 0 Å². The molecule has 0 aromatic heterocycles. The summed E-state index contributed by atoms with van der Waals surface area (Å²) in [5.74, 6) is 0. The third-order valence-corrected chi connectivity index (χ3v) is 1.61. The van der Waals surface area contributed by atoms with E-state index in [9.17, 15) is 4.57 Å². The Morgan fingerprint density at radius 1 is 1.40 bits per heavy atom. The van der Waals surface area contributed by atoms with Crippen molar-refractivity contribution in [2.45, 2.75) is 0 Å². The van der Waals surface area contributed by atoms with Gasteiger partial charge in [-0.2, -0.15) is 0 Å². The molecule has 0 heterocycles. The second-order valence-corrected chi connectivity index (χ2v) is 2.96. The van der Waals surface area contributed by atoms with Crippen molar-refractivity contribution in [1.82, 2.24) is 0 Å². The molecule has 0 radical (unpaired) electrons. The van der Waals surface area contributed by atoms with E-state index in [1.165, 1.54) is 0 Å².